The second kappa shape index (κ2) is 6.08. The van der Waals surface area contributed by atoms with Gasteiger partial charge in [-0.2, -0.15) is 0 Å². The molecule has 0 radical (unpaired) electrons. The highest BCUT2D eigenvalue weighted by atomic mass is 16.4. The van der Waals surface area contributed by atoms with Gasteiger partial charge in [-0.25, -0.2) is 9.59 Å². The van der Waals surface area contributed by atoms with Crippen LogP contribution in [0.25, 0.3) is 0 Å². The van der Waals surface area contributed by atoms with Crippen LogP contribution in [0.2, 0.25) is 0 Å². The van der Waals surface area contributed by atoms with Gasteiger partial charge in [-0.1, -0.05) is 0 Å². The molecule has 0 aromatic carbocycles. The fourth-order valence-corrected chi connectivity index (χ4v) is 1.74. The van der Waals surface area contributed by atoms with E-state index < -0.39 is 12.0 Å². The molecule has 3 N–H and O–H groups in total. The monoisotopic (exact) mass is 289 g/mol. The molecule has 0 unspecified atom stereocenters. The summed E-state index contributed by atoms with van der Waals surface area (Å²) < 4.78 is 5.03. The SMILES string of the molecule is Cc1ccc(NC(=O)NCc2ccc(C(=O)O)o2)c(C)n1. The lowest BCUT2D eigenvalue weighted by atomic mass is 10.3. The van der Waals surface area contributed by atoms with Gasteiger partial charge in [0.2, 0.25) is 5.76 Å². The molecule has 0 saturated heterocycles. The van der Waals surface area contributed by atoms with Crippen molar-refractivity contribution in [3.63, 3.8) is 0 Å². The summed E-state index contributed by atoms with van der Waals surface area (Å²) in [6, 6.07) is 5.99. The lowest BCUT2D eigenvalue weighted by Gasteiger charge is -2.09. The molecule has 7 nitrogen and oxygen atoms in total. The zero-order valence-corrected chi connectivity index (χ0v) is 11.6. The second-order valence-electron chi connectivity index (χ2n) is 4.46. The van der Waals surface area contributed by atoms with Gasteiger partial charge < -0.3 is 20.2 Å². The maximum atomic E-state index is 11.8. The van der Waals surface area contributed by atoms with Crippen LogP contribution in [0.1, 0.15) is 27.7 Å². The minimum atomic E-state index is -1.15. The van der Waals surface area contributed by atoms with E-state index >= 15 is 0 Å². The van der Waals surface area contributed by atoms with Crippen LogP contribution in [-0.4, -0.2) is 22.1 Å². The number of hydrogen-bond donors (Lipinski definition) is 3. The highest BCUT2D eigenvalue weighted by Gasteiger charge is 2.10. The number of anilines is 1. The molecule has 2 aromatic heterocycles. The lowest BCUT2D eigenvalue weighted by molar-refractivity contribution is 0.0660. The summed E-state index contributed by atoms with van der Waals surface area (Å²) in [5, 5.41) is 14.0. The second-order valence-corrected chi connectivity index (χ2v) is 4.46. The minimum Gasteiger partial charge on any atom is -0.475 e. The molecule has 0 aliphatic rings. The summed E-state index contributed by atoms with van der Waals surface area (Å²) in [6.07, 6.45) is 0. The van der Waals surface area contributed by atoms with Gasteiger partial charge in [0.15, 0.2) is 0 Å². The molecular weight excluding hydrogens is 274 g/mol. The van der Waals surface area contributed by atoms with Crippen molar-refractivity contribution in [2.45, 2.75) is 20.4 Å². The first kappa shape index (κ1) is 14.6. The molecule has 2 rings (SSSR count). The molecule has 2 heterocycles. The van der Waals surface area contributed by atoms with Crippen LogP contribution < -0.4 is 10.6 Å². The Kier molecular flexibility index (Phi) is 4.22. The molecule has 0 saturated carbocycles. The summed E-state index contributed by atoms with van der Waals surface area (Å²) >= 11 is 0. The summed E-state index contributed by atoms with van der Waals surface area (Å²) in [7, 11) is 0. The van der Waals surface area contributed by atoms with E-state index in [-0.39, 0.29) is 12.3 Å². The van der Waals surface area contributed by atoms with E-state index in [9.17, 15) is 9.59 Å². The number of furan rings is 1. The largest absolute Gasteiger partial charge is 0.475 e. The highest BCUT2D eigenvalue weighted by Crippen LogP contribution is 2.12. The van der Waals surface area contributed by atoms with Crippen LogP contribution >= 0.6 is 0 Å². The number of aromatic nitrogens is 1. The van der Waals surface area contributed by atoms with Crippen molar-refractivity contribution < 1.29 is 19.1 Å². The van der Waals surface area contributed by atoms with E-state index in [2.05, 4.69) is 15.6 Å². The van der Waals surface area contributed by atoms with Crippen LogP contribution in [0.3, 0.4) is 0 Å². The number of rotatable bonds is 4. The van der Waals surface area contributed by atoms with Crippen molar-refractivity contribution in [2.24, 2.45) is 0 Å². The number of pyridine rings is 1. The highest BCUT2D eigenvalue weighted by molar-refractivity contribution is 5.89. The molecule has 21 heavy (non-hydrogen) atoms. The molecular formula is C14H15N3O4. The number of carboxylic acid groups (broad SMARTS) is 1. The molecule has 0 aliphatic heterocycles. The Morgan fingerprint density at radius 1 is 1.24 bits per heavy atom. The fourth-order valence-electron chi connectivity index (χ4n) is 1.74. The Bertz CT molecular complexity index is 679. The average Bonchev–Trinajstić information content (AvgIpc) is 2.89. The standard InChI is InChI=1S/C14H15N3O4/c1-8-3-5-11(9(2)16-8)17-14(20)15-7-10-4-6-12(21-10)13(18)19/h3-6H,7H2,1-2H3,(H,18,19)(H2,15,17,20). The molecule has 0 bridgehead atoms. The van der Waals surface area contributed by atoms with Crippen molar-refractivity contribution in [2.75, 3.05) is 5.32 Å². The van der Waals surface area contributed by atoms with Crippen molar-refractivity contribution >= 4 is 17.7 Å². The smallest absolute Gasteiger partial charge is 0.371 e. The van der Waals surface area contributed by atoms with Crippen LogP contribution in [0.4, 0.5) is 10.5 Å². The predicted molar refractivity (Wildman–Crippen MR) is 75.2 cm³/mol. The summed E-state index contributed by atoms with van der Waals surface area (Å²) in [5.74, 6) is -0.945. The first-order valence-electron chi connectivity index (χ1n) is 6.27. The van der Waals surface area contributed by atoms with E-state index in [1.807, 2.05) is 6.92 Å². The minimum absolute atomic E-state index is 0.0947. The van der Waals surface area contributed by atoms with Crippen LogP contribution in [0, 0.1) is 13.8 Å². The van der Waals surface area contributed by atoms with Crippen LogP contribution in [0.5, 0.6) is 0 Å². The molecule has 7 heteroatoms. The normalized spacial score (nSPS) is 10.2. The lowest BCUT2D eigenvalue weighted by Crippen LogP contribution is -2.28. The van der Waals surface area contributed by atoms with E-state index in [1.165, 1.54) is 12.1 Å². The Labute approximate surface area is 121 Å². The molecule has 0 fully saturated rings. The van der Waals surface area contributed by atoms with Gasteiger partial charge in [0, 0.05) is 5.69 Å². The van der Waals surface area contributed by atoms with E-state index in [0.717, 1.165) is 11.4 Å². The Hall–Kier alpha value is -2.83. The third-order valence-electron chi connectivity index (χ3n) is 2.77. The molecule has 2 amide bonds. The van der Waals surface area contributed by atoms with Crippen molar-refractivity contribution in [1.82, 2.24) is 10.3 Å². The maximum absolute atomic E-state index is 11.8. The van der Waals surface area contributed by atoms with Crippen LogP contribution in [-0.2, 0) is 6.54 Å². The molecule has 0 spiro atoms. The molecule has 2 aromatic rings. The number of aryl methyl sites for hydroxylation is 2. The van der Waals surface area contributed by atoms with Gasteiger partial charge >= 0.3 is 12.0 Å². The van der Waals surface area contributed by atoms with E-state index in [4.69, 9.17) is 9.52 Å². The molecule has 110 valence electrons. The zero-order valence-electron chi connectivity index (χ0n) is 11.6. The van der Waals surface area contributed by atoms with Crippen molar-refractivity contribution in [1.29, 1.82) is 0 Å². The molecule has 0 aliphatic carbocycles. The van der Waals surface area contributed by atoms with E-state index in [1.54, 1.807) is 19.1 Å². The van der Waals surface area contributed by atoms with Crippen molar-refractivity contribution in [3.05, 3.63) is 47.2 Å². The Morgan fingerprint density at radius 3 is 2.62 bits per heavy atom. The van der Waals surface area contributed by atoms with Gasteiger partial charge in [0.25, 0.3) is 0 Å². The van der Waals surface area contributed by atoms with Gasteiger partial charge in [-0.05, 0) is 38.1 Å². The molecule has 0 atom stereocenters. The number of carbonyl (C=O) groups excluding carboxylic acids is 1. The number of nitrogens with one attached hydrogen (secondary N) is 2. The number of nitrogens with zero attached hydrogens (tertiary/aromatic N) is 1. The average molecular weight is 289 g/mol. The topological polar surface area (TPSA) is 104 Å². The fraction of sp³-hybridized carbons (Fsp3) is 0.214. The Balaban J connectivity index is 1.91. The van der Waals surface area contributed by atoms with Gasteiger partial charge in [-0.15, -0.1) is 0 Å². The number of amides is 2. The quantitative estimate of drug-likeness (QED) is 0.801. The predicted octanol–water partition coefficient (Wildman–Crippen LogP) is 2.31. The first-order chi connectivity index (χ1) is 9.95. The maximum Gasteiger partial charge on any atom is 0.371 e. The van der Waals surface area contributed by atoms with Gasteiger partial charge in [0.1, 0.15) is 5.76 Å². The summed E-state index contributed by atoms with van der Waals surface area (Å²) in [6.45, 7) is 3.76. The van der Waals surface area contributed by atoms with Crippen LogP contribution in [0.15, 0.2) is 28.7 Å². The number of hydrogen-bond acceptors (Lipinski definition) is 4. The third-order valence-corrected chi connectivity index (χ3v) is 2.77. The number of carboxylic acids is 1. The van der Waals surface area contributed by atoms with E-state index in [0.29, 0.717) is 11.4 Å². The van der Waals surface area contributed by atoms with Crippen molar-refractivity contribution in [3.8, 4) is 0 Å². The first-order valence-corrected chi connectivity index (χ1v) is 6.27. The Morgan fingerprint density at radius 2 is 2.00 bits per heavy atom. The number of carbonyl (C=O) groups is 2. The number of aromatic carboxylic acids is 1. The van der Waals surface area contributed by atoms with Gasteiger partial charge in [0.05, 0.1) is 17.9 Å². The number of urea groups is 1. The van der Waals surface area contributed by atoms with Gasteiger partial charge in [-0.3, -0.25) is 4.98 Å². The summed E-state index contributed by atoms with van der Waals surface area (Å²) in [4.78, 5) is 26.7. The zero-order chi connectivity index (χ0) is 15.4. The third kappa shape index (κ3) is 3.82. The summed E-state index contributed by atoms with van der Waals surface area (Å²) in [5.41, 5.74) is 2.20.